The van der Waals surface area contributed by atoms with Gasteiger partial charge >= 0.3 is 0 Å². The number of hydrogen-bond donors (Lipinski definition) is 1. The second kappa shape index (κ2) is 11.2. The van der Waals surface area contributed by atoms with Crippen LogP contribution in [-0.4, -0.2) is 38.1 Å². The van der Waals surface area contributed by atoms with E-state index in [1.54, 1.807) is 12.1 Å². The van der Waals surface area contributed by atoms with Gasteiger partial charge in [-0.15, -0.1) is 0 Å². The molecule has 7 heteroatoms. The molecule has 0 bridgehead atoms. The Bertz CT molecular complexity index is 1010. The molecule has 174 valence electrons. The molecule has 0 heterocycles. The van der Waals surface area contributed by atoms with Crippen molar-refractivity contribution in [2.75, 3.05) is 22.9 Å². The summed E-state index contributed by atoms with van der Waals surface area (Å²) in [5, 5.41) is 3.74. The molecule has 1 aliphatic rings. The molecule has 2 aromatic carbocycles. The van der Waals surface area contributed by atoms with Crippen molar-refractivity contribution in [1.29, 1.82) is 0 Å². The Labute approximate surface area is 197 Å². The maximum absolute atomic E-state index is 12.5. The molecule has 0 radical (unpaired) electrons. The molecule has 0 aliphatic heterocycles. The predicted molar refractivity (Wildman–Crippen MR) is 135 cm³/mol. The SMILES string of the molecule is Cc1ccc(C)c(N(Cc2ccc(C(=O)NCCSC3CCCCC3)cc2)S(C)(=O)=O)c1. The van der Waals surface area contributed by atoms with Crippen LogP contribution in [0.4, 0.5) is 5.69 Å². The number of anilines is 1. The molecule has 3 rings (SSSR count). The molecule has 1 saturated carbocycles. The van der Waals surface area contributed by atoms with Gasteiger partial charge in [-0.05, 0) is 61.6 Å². The number of thioether (sulfide) groups is 1. The minimum absolute atomic E-state index is 0.0877. The van der Waals surface area contributed by atoms with Crippen LogP contribution in [0, 0.1) is 13.8 Å². The summed E-state index contributed by atoms with van der Waals surface area (Å²) in [4.78, 5) is 12.5. The fraction of sp³-hybridized carbons (Fsp3) is 0.480. The monoisotopic (exact) mass is 474 g/mol. The normalized spacial score (nSPS) is 14.8. The van der Waals surface area contributed by atoms with Crippen LogP contribution < -0.4 is 9.62 Å². The first kappa shape index (κ1) is 24.6. The summed E-state index contributed by atoms with van der Waals surface area (Å²) >= 11 is 1.97. The Morgan fingerprint density at radius 2 is 1.75 bits per heavy atom. The molecule has 1 N–H and O–H groups in total. The van der Waals surface area contributed by atoms with E-state index in [1.807, 2.05) is 55.9 Å². The number of rotatable bonds is 9. The average molecular weight is 475 g/mol. The Morgan fingerprint density at radius 3 is 2.41 bits per heavy atom. The molecule has 5 nitrogen and oxygen atoms in total. The molecule has 1 amide bonds. The molecule has 1 fully saturated rings. The highest BCUT2D eigenvalue weighted by atomic mass is 32.2. The van der Waals surface area contributed by atoms with Crippen molar-refractivity contribution in [3.05, 3.63) is 64.7 Å². The number of aryl methyl sites for hydroxylation is 2. The van der Waals surface area contributed by atoms with Gasteiger partial charge in [0.2, 0.25) is 10.0 Å². The van der Waals surface area contributed by atoms with E-state index in [0.29, 0.717) is 17.8 Å². The highest BCUT2D eigenvalue weighted by Gasteiger charge is 2.20. The van der Waals surface area contributed by atoms with E-state index in [4.69, 9.17) is 0 Å². The second-order valence-electron chi connectivity index (χ2n) is 8.64. The van der Waals surface area contributed by atoms with Gasteiger partial charge in [-0.2, -0.15) is 11.8 Å². The molecule has 0 unspecified atom stereocenters. The lowest BCUT2D eigenvalue weighted by Crippen LogP contribution is -2.30. The standard InChI is InChI=1S/C25H34N2O3S2/c1-19-9-10-20(2)24(17-19)27(32(3,29)30)18-21-11-13-22(14-12-21)25(28)26-15-16-31-23-7-5-4-6-8-23/h9-14,17,23H,4-8,15-16,18H2,1-3H3,(H,26,28). The molecule has 2 aromatic rings. The molecule has 1 aliphatic carbocycles. The topological polar surface area (TPSA) is 66.5 Å². The summed E-state index contributed by atoms with van der Waals surface area (Å²) in [6, 6.07) is 13.0. The summed E-state index contributed by atoms with van der Waals surface area (Å²) in [6.45, 7) is 4.75. The van der Waals surface area contributed by atoms with Crippen LogP contribution in [0.2, 0.25) is 0 Å². The summed E-state index contributed by atoms with van der Waals surface area (Å²) < 4.78 is 26.4. The lowest BCUT2D eigenvalue weighted by molar-refractivity contribution is 0.0956. The summed E-state index contributed by atoms with van der Waals surface area (Å²) in [7, 11) is -3.45. The fourth-order valence-corrected chi connectivity index (χ4v) is 6.18. The number of hydrogen-bond acceptors (Lipinski definition) is 4. The number of benzene rings is 2. The third-order valence-corrected chi connectivity index (χ3v) is 8.38. The number of carbonyl (C=O) groups excluding carboxylic acids is 1. The molecule has 0 spiro atoms. The van der Waals surface area contributed by atoms with Crippen LogP contribution in [0.25, 0.3) is 0 Å². The van der Waals surface area contributed by atoms with Crippen LogP contribution in [0.3, 0.4) is 0 Å². The van der Waals surface area contributed by atoms with Crippen molar-refractivity contribution in [1.82, 2.24) is 5.32 Å². The lowest BCUT2D eigenvalue weighted by Gasteiger charge is -2.25. The third-order valence-electron chi connectivity index (χ3n) is 5.87. The van der Waals surface area contributed by atoms with Gasteiger partial charge in [-0.1, -0.05) is 43.5 Å². The summed E-state index contributed by atoms with van der Waals surface area (Å²) in [5.74, 6) is 0.850. The van der Waals surface area contributed by atoms with Gasteiger partial charge in [0.15, 0.2) is 0 Å². The van der Waals surface area contributed by atoms with Gasteiger partial charge < -0.3 is 5.32 Å². The smallest absolute Gasteiger partial charge is 0.251 e. The molecule has 0 aromatic heterocycles. The first-order valence-corrected chi connectivity index (χ1v) is 14.2. The van der Waals surface area contributed by atoms with E-state index in [0.717, 1.165) is 27.7 Å². The highest BCUT2D eigenvalue weighted by Crippen LogP contribution is 2.28. The molecule has 0 atom stereocenters. The maximum Gasteiger partial charge on any atom is 0.251 e. The van der Waals surface area contributed by atoms with Gasteiger partial charge in [0, 0.05) is 23.1 Å². The largest absolute Gasteiger partial charge is 0.351 e. The molecule has 32 heavy (non-hydrogen) atoms. The predicted octanol–water partition coefficient (Wildman–Crippen LogP) is 5.07. The molecular weight excluding hydrogens is 440 g/mol. The van der Waals surface area contributed by atoms with E-state index >= 15 is 0 Å². The van der Waals surface area contributed by atoms with Crippen molar-refractivity contribution in [3.63, 3.8) is 0 Å². The van der Waals surface area contributed by atoms with Crippen molar-refractivity contribution in [2.24, 2.45) is 0 Å². The van der Waals surface area contributed by atoms with Crippen molar-refractivity contribution in [3.8, 4) is 0 Å². The van der Waals surface area contributed by atoms with Gasteiger partial charge in [-0.3, -0.25) is 9.10 Å². The quantitative estimate of drug-likeness (QED) is 0.516. The zero-order valence-electron chi connectivity index (χ0n) is 19.3. The maximum atomic E-state index is 12.5. The first-order valence-electron chi connectivity index (χ1n) is 11.3. The highest BCUT2D eigenvalue weighted by molar-refractivity contribution is 7.99. The third kappa shape index (κ3) is 7.01. The molecule has 0 saturated heterocycles. The van der Waals surface area contributed by atoms with Crippen molar-refractivity contribution < 1.29 is 13.2 Å². The summed E-state index contributed by atoms with van der Waals surface area (Å²) in [6.07, 6.45) is 7.84. The number of carbonyl (C=O) groups is 1. The van der Waals surface area contributed by atoms with Gasteiger partial charge in [0.1, 0.15) is 0 Å². The van der Waals surface area contributed by atoms with Crippen LogP contribution >= 0.6 is 11.8 Å². The molecular formula is C25H34N2O3S2. The van der Waals surface area contributed by atoms with Crippen molar-refractivity contribution in [2.45, 2.75) is 57.7 Å². The van der Waals surface area contributed by atoms with Gasteiger partial charge in [0.05, 0.1) is 18.5 Å². The van der Waals surface area contributed by atoms with Crippen molar-refractivity contribution >= 4 is 33.4 Å². The minimum Gasteiger partial charge on any atom is -0.351 e. The Balaban J connectivity index is 1.58. The summed E-state index contributed by atoms with van der Waals surface area (Å²) in [5.41, 5.74) is 4.02. The second-order valence-corrected chi connectivity index (χ2v) is 12.0. The fourth-order valence-electron chi connectivity index (χ4n) is 4.02. The van der Waals surface area contributed by atoms with Gasteiger partial charge in [-0.25, -0.2) is 8.42 Å². The first-order chi connectivity index (χ1) is 15.2. The van der Waals surface area contributed by atoms with E-state index in [1.165, 1.54) is 42.7 Å². The van der Waals surface area contributed by atoms with Crippen LogP contribution in [0.5, 0.6) is 0 Å². The zero-order chi connectivity index (χ0) is 23.1. The van der Waals surface area contributed by atoms with Crippen LogP contribution in [0.15, 0.2) is 42.5 Å². The van der Waals surface area contributed by atoms with E-state index in [2.05, 4.69) is 5.32 Å². The van der Waals surface area contributed by atoms with E-state index in [9.17, 15) is 13.2 Å². The number of sulfonamides is 1. The van der Waals surface area contributed by atoms with Crippen LogP contribution in [-0.2, 0) is 16.6 Å². The Kier molecular flexibility index (Phi) is 8.65. The number of nitrogens with zero attached hydrogens (tertiary/aromatic N) is 1. The van der Waals surface area contributed by atoms with E-state index < -0.39 is 10.0 Å². The number of nitrogens with one attached hydrogen (secondary N) is 1. The number of amides is 1. The van der Waals surface area contributed by atoms with Gasteiger partial charge in [0.25, 0.3) is 5.91 Å². The average Bonchev–Trinajstić information content (AvgIpc) is 2.77. The Hall–Kier alpha value is -1.99. The van der Waals surface area contributed by atoms with Crippen LogP contribution in [0.1, 0.15) is 59.2 Å². The zero-order valence-corrected chi connectivity index (χ0v) is 20.9. The minimum atomic E-state index is -3.45. The van der Waals surface area contributed by atoms with E-state index in [-0.39, 0.29) is 12.5 Å². The Morgan fingerprint density at radius 1 is 1.06 bits per heavy atom. The lowest BCUT2D eigenvalue weighted by atomic mass is 10.0.